The zero-order valence-electron chi connectivity index (χ0n) is 15.9. The summed E-state index contributed by atoms with van der Waals surface area (Å²) < 4.78 is 1.77. The Balaban J connectivity index is 1.58. The number of hydrogen-bond donors (Lipinski definition) is 2. The molecule has 29 heavy (non-hydrogen) atoms. The van der Waals surface area contributed by atoms with Crippen molar-refractivity contribution in [2.75, 3.05) is 11.1 Å². The predicted octanol–water partition coefficient (Wildman–Crippen LogP) is 3.69. The van der Waals surface area contributed by atoms with E-state index in [4.69, 9.17) is 11.6 Å². The number of amides is 2. The molecule has 9 heteroatoms. The normalized spacial score (nSPS) is 11.7. The summed E-state index contributed by atoms with van der Waals surface area (Å²) in [6.45, 7) is 1.84. The topological polar surface area (TPSA) is 88.9 Å². The van der Waals surface area contributed by atoms with Crippen LogP contribution in [0.2, 0.25) is 5.02 Å². The number of para-hydroxylation sites is 1. The summed E-state index contributed by atoms with van der Waals surface area (Å²) in [5.41, 5.74) is 1.14. The second kappa shape index (κ2) is 9.58. The van der Waals surface area contributed by atoms with Crippen LogP contribution in [0, 0.1) is 0 Å². The molecule has 0 saturated heterocycles. The van der Waals surface area contributed by atoms with Crippen molar-refractivity contribution in [3.63, 3.8) is 0 Å². The average Bonchev–Trinajstić information content (AvgIpc) is 3.09. The number of carbonyl (C=O) groups excluding carboxylic acids is 2. The molecular formula is C20H20ClN5O2S. The van der Waals surface area contributed by atoms with Gasteiger partial charge in [-0.05, 0) is 31.2 Å². The Labute approximate surface area is 177 Å². The number of halogens is 1. The highest BCUT2D eigenvalue weighted by atomic mass is 35.5. The summed E-state index contributed by atoms with van der Waals surface area (Å²) in [7, 11) is 1.80. The van der Waals surface area contributed by atoms with Gasteiger partial charge < -0.3 is 15.2 Å². The van der Waals surface area contributed by atoms with E-state index < -0.39 is 0 Å². The lowest BCUT2D eigenvalue weighted by atomic mass is 10.2. The maximum absolute atomic E-state index is 12.3. The number of nitrogens with zero attached hydrogens (tertiary/aromatic N) is 3. The number of carbonyl (C=O) groups is 2. The van der Waals surface area contributed by atoms with Crippen LogP contribution in [0.1, 0.15) is 29.1 Å². The van der Waals surface area contributed by atoms with Gasteiger partial charge in [0.1, 0.15) is 0 Å². The molecule has 0 radical (unpaired) electrons. The molecule has 2 amide bonds. The van der Waals surface area contributed by atoms with Crippen LogP contribution in [0.25, 0.3) is 0 Å². The van der Waals surface area contributed by atoms with E-state index in [0.29, 0.717) is 27.3 Å². The number of benzene rings is 2. The molecule has 0 aliphatic rings. The van der Waals surface area contributed by atoms with E-state index in [0.717, 1.165) is 0 Å². The lowest BCUT2D eigenvalue weighted by Gasteiger charge is -2.13. The third-order valence-corrected chi connectivity index (χ3v) is 5.47. The predicted molar refractivity (Wildman–Crippen MR) is 114 cm³/mol. The smallest absolute Gasteiger partial charge is 0.251 e. The lowest BCUT2D eigenvalue weighted by Crippen LogP contribution is -2.28. The molecule has 1 heterocycles. The van der Waals surface area contributed by atoms with E-state index in [1.807, 2.05) is 25.1 Å². The Morgan fingerprint density at radius 3 is 2.52 bits per heavy atom. The number of thioether (sulfide) groups is 1. The van der Waals surface area contributed by atoms with Gasteiger partial charge in [-0.1, -0.05) is 53.7 Å². The van der Waals surface area contributed by atoms with E-state index in [9.17, 15) is 9.59 Å². The first-order valence-electron chi connectivity index (χ1n) is 8.88. The summed E-state index contributed by atoms with van der Waals surface area (Å²) >= 11 is 7.31. The summed E-state index contributed by atoms with van der Waals surface area (Å²) in [6.07, 6.45) is 0. The second-order valence-corrected chi connectivity index (χ2v) is 7.63. The standard InChI is InChI=1S/C20H20ClN5O2S/c1-13(22-19(28)14-8-4-3-5-9-14)18-24-25-20(26(18)2)29-12-17(27)23-16-11-7-6-10-15(16)21/h3-11,13H,12H2,1-2H3,(H,22,28)(H,23,27)/t13-/m1/s1. The molecule has 2 N–H and O–H groups in total. The van der Waals surface area contributed by atoms with Gasteiger partial charge in [-0.2, -0.15) is 0 Å². The van der Waals surface area contributed by atoms with Crippen molar-refractivity contribution in [2.24, 2.45) is 7.05 Å². The third kappa shape index (κ3) is 5.36. The van der Waals surface area contributed by atoms with Gasteiger partial charge in [0.25, 0.3) is 5.91 Å². The zero-order chi connectivity index (χ0) is 20.8. The number of nitrogens with one attached hydrogen (secondary N) is 2. The van der Waals surface area contributed by atoms with Crippen molar-refractivity contribution in [3.05, 3.63) is 71.0 Å². The van der Waals surface area contributed by atoms with E-state index in [2.05, 4.69) is 20.8 Å². The molecule has 150 valence electrons. The Morgan fingerprint density at radius 2 is 1.79 bits per heavy atom. The number of rotatable bonds is 7. The highest BCUT2D eigenvalue weighted by molar-refractivity contribution is 7.99. The van der Waals surface area contributed by atoms with Crippen LogP contribution in [-0.4, -0.2) is 32.3 Å². The van der Waals surface area contributed by atoms with Gasteiger partial charge in [-0.15, -0.1) is 10.2 Å². The van der Waals surface area contributed by atoms with Gasteiger partial charge in [0.15, 0.2) is 11.0 Å². The Hall–Kier alpha value is -2.84. The van der Waals surface area contributed by atoms with Gasteiger partial charge in [-0.25, -0.2) is 0 Å². The highest BCUT2D eigenvalue weighted by Gasteiger charge is 2.19. The highest BCUT2D eigenvalue weighted by Crippen LogP contribution is 2.22. The molecular weight excluding hydrogens is 410 g/mol. The van der Waals surface area contributed by atoms with Crippen molar-refractivity contribution >= 4 is 40.9 Å². The Kier molecular flexibility index (Phi) is 6.90. The molecule has 0 fully saturated rings. The molecule has 0 aliphatic carbocycles. The summed E-state index contributed by atoms with van der Waals surface area (Å²) in [5.74, 6) is 0.373. The fourth-order valence-electron chi connectivity index (χ4n) is 2.64. The molecule has 3 aromatic rings. The lowest BCUT2D eigenvalue weighted by molar-refractivity contribution is -0.113. The van der Waals surface area contributed by atoms with Gasteiger partial charge in [-0.3, -0.25) is 9.59 Å². The fraction of sp³-hybridized carbons (Fsp3) is 0.200. The first-order valence-corrected chi connectivity index (χ1v) is 10.2. The van der Waals surface area contributed by atoms with Gasteiger partial charge >= 0.3 is 0 Å². The van der Waals surface area contributed by atoms with Crippen LogP contribution < -0.4 is 10.6 Å². The van der Waals surface area contributed by atoms with Crippen molar-refractivity contribution in [1.82, 2.24) is 20.1 Å². The molecule has 0 unspecified atom stereocenters. The minimum atomic E-state index is -0.341. The molecule has 1 aromatic heterocycles. The molecule has 3 rings (SSSR count). The van der Waals surface area contributed by atoms with Crippen molar-refractivity contribution < 1.29 is 9.59 Å². The van der Waals surface area contributed by atoms with Gasteiger partial charge in [0, 0.05) is 12.6 Å². The van der Waals surface area contributed by atoms with Crippen molar-refractivity contribution in [3.8, 4) is 0 Å². The maximum atomic E-state index is 12.3. The van der Waals surface area contributed by atoms with E-state index >= 15 is 0 Å². The molecule has 0 bridgehead atoms. The monoisotopic (exact) mass is 429 g/mol. The number of aromatic nitrogens is 3. The fourth-order valence-corrected chi connectivity index (χ4v) is 3.54. The van der Waals surface area contributed by atoms with Crippen LogP contribution in [0.3, 0.4) is 0 Å². The molecule has 1 atom stereocenters. The molecule has 0 spiro atoms. The largest absolute Gasteiger partial charge is 0.342 e. The van der Waals surface area contributed by atoms with Crippen molar-refractivity contribution in [1.29, 1.82) is 0 Å². The van der Waals surface area contributed by atoms with Crippen LogP contribution >= 0.6 is 23.4 Å². The first kappa shape index (κ1) is 20.9. The quantitative estimate of drug-likeness (QED) is 0.559. The number of hydrogen-bond acceptors (Lipinski definition) is 5. The van der Waals surface area contributed by atoms with E-state index in [1.165, 1.54) is 11.8 Å². The van der Waals surface area contributed by atoms with Gasteiger partial charge in [0.05, 0.1) is 22.5 Å². The van der Waals surface area contributed by atoms with Crippen LogP contribution in [0.15, 0.2) is 59.8 Å². The zero-order valence-corrected chi connectivity index (χ0v) is 17.5. The molecule has 0 aliphatic heterocycles. The number of anilines is 1. The Bertz CT molecular complexity index is 1010. The van der Waals surface area contributed by atoms with Crippen LogP contribution in [-0.2, 0) is 11.8 Å². The van der Waals surface area contributed by atoms with E-state index in [-0.39, 0.29) is 23.6 Å². The minimum Gasteiger partial charge on any atom is -0.342 e. The summed E-state index contributed by atoms with van der Waals surface area (Å²) in [6, 6.07) is 15.7. The molecule has 7 nitrogen and oxygen atoms in total. The minimum absolute atomic E-state index is 0.155. The van der Waals surface area contributed by atoms with Crippen molar-refractivity contribution in [2.45, 2.75) is 18.1 Å². The Morgan fingerprint density at radius 1 is 1.10 bits per heavy atom. The second-order valence-electron chi connectivity index (χ2n) is 6.28. The average molecular weight is 430 g/mol. The maximum Gasteiger partial charge on any atom is 0.251 e. The van der Waals surface area contributed by atoms with E-state index in [1.54, 1.807) is 48.0 Å². The molecule has 2 aromatic carbocycles. The SMILES string of the molecule is C[C@@H](NC(=O)c1ccccc1)c1nnc(SCC(=O)Nc2ccccc2Cl)n1C. The summed E-state index contributed by atoms with van der Waals surface area (Å²) in [4.78, 5) is 24.5. The van der Waals surface area contributed by atoms with Crippen LogP contribution in [0.4, 0.5) is 5.69 Å². The summed E-state index contributed by atoms with van der Waals surface area (Å²) in [5, 5.41) is 15.0. The molecule has 0 saturated carbocycles. The van der Waals surface area contributed by atoms with Crippen LogP contribution in [0.5, 0.6) is 0 Å². The first-order chi connectivity index (χ1) is 14.0. The third-order valence-electron chi connectivity index (χ3n) is 4.12. The van der Waals surface area contributed by atoms with Gasteiger partial charge in [0.2, 0.25) is 5.91 Å².